The Bertz CT molecular complexity index is 204. The summed E-state index contributed by atoms with van der Waals surface area (Å²) in [7, 11) is 0. The summed E-state index contributed by atoms with van der Waals surface area (Å²) in [6.45, 7) is 0.351. The van der Waals surface area contributed by atoms with Gasteiger partial charge >= 0.3 is 0 Å². The Kier molecular flexibility index (Phi) is 4.78. The number of hydrogen-bond donors (Lipinski definition) is 0. The Morgan fingerprint density at radius 1 is 1.54 bits per heavy atom. The van der Waals surface area contributed by atoms with Crippen molar-refractivity contribution in [2.24, 2.45) is 0 Å². The van der Waals surface area contributed by atoms with E-state index in [1.54, 1.807) is 0 Å². The van der Waals surface area contributed by atoms with Crippen molar-refractivity contribution in [3.8, 4) is 0 Å². The highest BCUT2D eigenvalue weighted by molar-refractivity contribution is 6.36. The number of rotatable bonds is 3. The maximum absolute atomic E-state index is 10.9. The summed E-state index contributed by atoms with van der Waals surface area (Å²) in [5, 5.41) is 0.499. The van der Waals surface area contributed by atoms with Crippen LogP contribution >= 0.6 is 23.2 Å². The third-order valence-corrected chi connectivity index (χ3v) is 2.66. The van der Waals surface area contributed by atoms with Gasteiger partial charge in [0, 0.05) is 18.4 Å². The molecule has 13 heavy (non-hydrogen) atoms. The van der Waals surface area contributed by atoms with E-state index in [4.69, 9.17) is 27.9 Å². The van der Waals surface area contributed by atoms with Gasteiger partial charge in [0.15, 0.2) is 0 Å². The van der Waals surface area contributed by atoms with Gasteiger partial charge in [0.2, 0.25) is 0 Å². The van der Waals surface area contributed by atoms with Crippen LogP contribution in [0.5, 0.6) is 0 Å². The second-order valence-corrected chi connectivity index (χ2v) is 3.81. The number of ketones is 1. The molecule has 0 aromatic heterocycles. The SMILES string of the molecule is O=C1CCC(OC/C(Cl)=C\Cl)CC1. The molecule has 0 saturated heterocycles. The van der Waals surface area contributed by atoms with Gasteiger partial charge in [-0.05, 0) is 12.8 Å². The number of ether oxygens (including phenoxy) is 1. The summed E-state index contributed by atoms with van der Waals surface area (Å²) in [6, 6.07) is 0. The highest BCUT2D eigenvalue weighted by atomic mass is 35.5. The molecule has 0 atom stereocenters. The summed E-state index contributed by atoms with van der Waals surface area (Å²) in [4.78, 5) is 10.9. The van der Waals surface area contributed by atoms with Gasteiger partial charge in [-0.3, -0.25) is 4.79 Å². The molecule has 0 bridgehead atoms. The third-order valence-electron chi connectivity index (χ3n) is 2.07. The second-order valence-electron chi connectivity index (χ2n) is 3.11. The van der Waals surface area contributed by atoms with Gasteiger partial charge in [-0.2, -0.15) is 0 Å². The highest BCUT2D eigenvalue weighted by Crippen LogP contribution is 2.19. The molecule has 0 spiro atoms. The zero-order valence-electron chi connectivity index (χ0n) is 7.26. The van der Waals surface area contributed by atoms with Gasteiger partial charge < -0.3 is 4.74 Å². The molecule has 0 aliphatic heterocycles. The predicted octanol–water partition coefficient (Wildman–Crippen LogP) is 2.83. The molecule has 0 unspecified atom stereocenters. The first-order valence-corrected chi connectivity index (χ1v) is 5.12. The molecule has 0 heterocycles. The Morgan fingerprint density at radius 3 is 2.69 bits per heavy atom. The lowest BCUT2D eigenvalue weighted by Crippen LogP contribution is -2.21. The van der Waals surface area contributed by atoms with E-state index in [1.807, 2.05) is 0 Å². The number of Topliss-reactive ketones (excluding diaryl/α,β-unsaturated/α-hetero) is 1. The van der Waals surface area contributed by atoms with Gasteiger partial charge in [0.1, 0.15) is 5.78 Å². The van der Waals surface area contributed by atoms with Crippen LogP contribution in [0.25, 0.3) is 0 Å². The van der Waals surface area contributed by atoms with Crippen molar-refractivity contribution in [3.05, 3.63) is 10.6 Å². The number of hydrogen-bond acceptors (Lipinski definition) is 2. The van der Waals surface area contributed by atoms with Crippen LogP contribution in [-0.4, -0.2) is 18.5 Å². The van der Waals surface area contributed by atoms with Gasteiger partial charge in [-0.1, -0.05) is 23.2 Å². The standard InChI is InChI=1S/C9H12Cl2O2/c10-5-7(11)6-13-9-3-1-8(12)2-4-9/h5,9H,1-4,6H2/b7-5+. The van der Waals surface area contributed by atoms with Crippen molar-refractivity contribution in [2.45, 2.75) is 31.8 Å². The fraction of sp³-hybridized carbons (Fsp3) is 0.667. The Hall–Kier alpha value is -0.0500. The largest absolute Gasteiger partial charge is 0.373 e. The molecule has 1 saturated carbocycles. The van der Waals surface area contributed by atoms with Crippen LogP contribution in [0, 0.1) is 0 Å². The minimum absolute atomic E-state index is 0.170. The van der Waals surface area contributed by atoms with E-state index in [0.717, 1.165) is 12.8 Å². The van der Waals surface area contributed by atoms with Crippen molar-refractivity contribution in [1.29, 1.82) is 0 Å². The molecule has 0 amide bonds. The lowest BCUT2D eigenvalue weighted by atomic mass is 9.97. The van der Waals surface area contributed by atoms with Gasteiger partial charge in [-0.15, -0.1) is 0 Å². The Labute approximate surface area is 87.8 Å². The average molecular weight is 223 g/mol. The molecule has 1 aliphatic rings. The van der Waals surface area contributed by atoms with Gasteiger partial charge in [-0.25, -0.2) is 0 Å². The van der Waals surface area contributed by atoms with E-state index in [9.17, 15) is 4.79 Å². The van der Waals surface area contributed by atoms with Crippen molar-refractivity contribution in [3.63, 3.8) is 0 Å². The van der Waals surface area contributed by atoms with Crippen LogP contribution in [0.1, 0.15) is 25.7 Å². The van der Waals surface area contributed by atoms with E-state index in [1.165, 1.54) is 5.54 Å². The van der Waals surface area contributed by atoms with Crippen LogP contribution in [0.4, 0.5) is 0 Å². The smallest absolute Gasteiger partial charge is 0.133 e. The molecule has 0 aromatic rings. The summed E-state index contributed by atoms with van der Waals surface area (Å²) in [5.74, 6) is 0.332. The third kappa shape index (κ3) is 4.12. The molecule has 4 heteroatoms. The molecule has 0 N–H and O–H groups in total. The van der Waals surface area contributed by atoms with Crippen LogP contribution in [0.3, 0.4) is 0 Å². The molecule has 74 valence electrons. The topological polar surface area (TPSA) is 26.3 Å². The van der Waals surface area contributed by atoms with E-state index < -0.39 is 0 Å². The van der Waals surface area contributed by atoms with E-state index >= 15 is 0 Å². The molecular weight excluding hydrogens is 211 g/mol. The Morgan fingerprint density at radius 2 is 2.15 bits per heavy atom. The monoisotopic (exact) mass is 222 g/mol. The summed E-state index contributed by atoms with van der Waals surface area (Å²) in [5.41, 5.74) is 1.30. The molecule has 1 aliphatic carbocycles. The van der Waals surface area contributed by atoms with Crippen molar-refractivity contribution < 1.29 is 9.53 Å². The van der Waals surface area contributed by atoms with Crippen LogP contribution in [0.2, 0.25) is 0 Å². The fourth-order valence-corrected chi connectivity index (χ4v) is 1.43. The quantitative estimate of drug-likeness (QED) is 0.735. The van der Waals surface area contributed by atoms with Crippen molar-refractivity contribution in [1.82, 2.24) is 0 Å². The highest BCUT2D eigenvalue weighted by Gasteiger charge is 2.18. The first kappa shape index (κ1) is 11.0. The molecule has 2 nitrogen and oxygen atoms in total. The first-order valence-electron chi connectivity index (χ1n) is 4.30. The van der Waals surface area contributed by atoms with Gasteiger partial charge in [0.05, 0.1) is 17.7 Å². The van der Waals surface area contributed by atoms with Crippen LogP contribution < -0.4 is 0 Å². The second kappa shape index (κ2) is 5.63. The minimum atomic E-state index is 0.170. The predicted molar refractivity (Wildman–Crippen MR) is 53.0 cm³/mol. The maximum Gasteiger partial charge on any atom is 0.133 e. The van der Waals surface area contributed by atoms with E-state index in [0.29, 0.717) is 30.3 Å². The number of carbonyl (C=O) groups excluding carboxylic acids is 1. The number of carbonyl (C=O) groups is 1. The lowest BCUT2D eigenvalue weighted by molar-refractivity contribution is -0.122. The van der Waals surface area contributed by atoms with Crippen molar-refractivity contribution >= 4 is 29.0 Å². The van der Waals surface area contributed by atoms with Gasteiger partial charge in [0.25, 0.3) is 0 Å². The maximum atomic E-state index is 10.9. The van der Waals surface area contributed by atoms with Crippen LogP contribution in [-0.2, 0) is 9.53 Å². The average Bonchev–Trinajstić information content (AvgIpc) is 2.16. The van der Waals surface area contributed by atoms with Crippen LogP contribution in [0.15, 0.2) is 10.6 Å². The normalized spacial score (nSPS) is 20.8. The van der Waals surface area contributed by atoms with E-state index in [-0.39, 0.29) is 6.10 Å². The molecule has 0 radical (unpaired) electrons. The fourth-order valence-electron chi connectivity index (χ4n) is 1.31. The molecule has 0 aromatic carbocycles. The van der Waals surface area contributed by atoms with Crippen molar-refractivity contribution in [2.75, 3.05) is 6.61 Å². The van der Waals surface area contributed by atoms with E-state index in [2.05, 4.69) is 0 Å². The Balaban J connectivity index is 2.19. The summed E-state index contributed by atoms with van der Waals surface area (Å²) >= 11 is 11.0. The molecule has 1 fully saturated rings. The molecular formula is C9H12Cl2O2. The zero-order chi connectivity index (χ0) is 9.68. The zero-order valence-corrected chi connectivity index (χ0v) is 8.77. The minimum Gasteiger partial charge on any atom is -0.373 e. The lowest BCUT2D eigenvalue weighted by Gasteiger charge is -2.20. The molecule has 1 rings (SSSR count). The number of halogens is 2. The summed E-state index contributed by atoms with van der Waals surface area (Å²) in [6.07, 6.45) is 3.05. The summed E-state index contributed by atoms with van der Waals surface area (Å²) < 4.78 is 5.45. The first-order chi connectivity index (χ1) is 6.22.